The first-order valence-corrected chi connectivity index (χ1v) is 7.91. The van der Waals surface area contributed by atoms with Gasteiger partial charge in [0, 0.05) is 12.1 Å². The number of carbonyl (C=O) groups is 1. The van der Waals surface area contributed by atoms with Crippen LogP contribution in [-0.4, -0.2) is 10.9 Å². The Balaban J connectivity index is 1.59. The van der Waals surface area contributed by atoms with Crippen LogP contribution >= 0.6 is 15.9 Å². The Bertz CT molecular complexity index is 849. The van der Waals surface area contributed by atoms with Gasteiger partial charge < -0.3 is 15.1 Å². The molecule has 2 heterocycles. The van der Waals surface area contributed by atoms with Gasteiger partial charge in [0.2, 0.25) is 0 Å². The summed E-state index contributed by atoms with van der Waals surface area (Å²) in [7, 11) is 0. The summed E-state index contributed by atoms with van der Waals surface area (Å²) in [6, 6.07) is 13.2. The van der Waals surface area contributed by atoms with Gasteiger partial charge in [-0.25, -0.2) is 9.37 Å². The van der Waals surface area contributed by atoms with Crippen LogP contribution in [0.4, 0.5) is 15.9 Å². The zero-order valence-electron chi connectivity index (χ0n) is 12.4. The predicted molar refractivity (Wildman–Crippen MR) is 92.3 cm³/mol. The lowest BCUT2D eigenvalue weighted by Gasteiger charge is -2.08. The van der Waals surface area contributed by atoms with Crippen LogP contribution in [0, 0.1) is 5.82 Å². The molecule has 2 aromatic heterocycles. The number of hydrogen-bond donors (Lipinski definition) is 2. The molecule has 0 saturated carbocycles. The van der Waals surface area contributed by atoms with Crippen LogP contribution in [0.1, 0.15) is 16.1 Å². The summed E-state index contributed by atoms with van der Waals surface area (Å²) in [5.41, 5.74) is 1.09. The van der Waals surface area contributed by atoms with E-state index in [0.717, 1.165) is 0 Å². The van der Waals surface area contributed by atoms with Gasteiger partial charge in [-0.2, -0.15) is 0 Å². The predicted octanol–water partition coefficient (Wildman–Crippen LogP) is 4.44. The molecule has 2 N–H and O–H groups in total. The number of anilines is 2. The van der Waals surface area contributed by atoms with Crippen LogP contribution < -0.4 is 10.6 Å². The first-order chi connectivity index (χ1) is 11.6. The molecule has 122 valence electrons. The standard InChI is InChI=1S/C17H13BrFN3O2/c18-15-7-6-14(24-15)17(23)22-12-5-8-16(21-10-12)20-9-11-3-1-2-4-13(11)19/h1-8,10H,9H2,(H,20,21)(H,22,23). The maximum atomic E-state index is 13.5. The number of pyridine rings is 1. The molecule has 5 nitrogen and oxygen atoms in total. The van der Waals surface area contributed by atoms with Gasteiger partial charge in [-0.05, 0) is 46.3 Å². The minimum absolute atomic E-state index is 0.198. The maximum Gasteiger partial charge on any atom is 0.291 e. The Kier molecular flexibility index (Phi) is 4.90. The summed E-state index contributed by atoms with van der Waals surface area (Å²) in [6.45, 7) is 0.325. The molecule has 3 aromatic rings. The quantitative estimate of drug-likeness (QED) is 0.676. The number of hydrogen-bond acceptors (Lipinski definition) is 4. The van der Waals surface area contributed by atoms with Crippen LogP contribution in [-0.2, 0) is 6.54 Å². The molecule has 0 saturated heterocycles. The van der Waals surface area contributed by atoms with E-state index in [9.17, 15) is 9.18 Å². The van der Waals surface area contributed by atoms with Gasteiger partial charge in [0.1, 0.15) is 11.6 Å². The average Bonchev–Trinajstić information content (AvgIpc) is 3.02. The topological polar surface area (TPSA) is 67.2 Å². The fourth-order valence-electron chi connectivity index (χ4n) is 2.03. The molecule has 1 amide bonds. The molecule has 0 radical (unpaired) electrons. The molecule has 7 heteroatoms. The number of amides is 1. The normalized spacial score (nSPS) is 10.4. The van der Waals surface area contributed by atoms with Crippen molar-refractivity contribution in [2.75, 3.05) is 10.6 Å². The summed E-state index contributed by atoms with van der Waals surface area (Å²) < 4.78 is 19.2. The second-order valence-electron chi connectivity index (χ2n) is 4.93. The van der Waals surface area contributed by atoms with Crippen LogP contribution in [0.15, 0.2) is 63.8 Å². The largest absolute Gasteiger partial charge is 0.444 e. The van der Waals surface area contributed by atoms with Gasteiger partial charge in [0.25, 0.3) is 5.91 Å². The van der Waals surface area contributed by atoms with Crippen LogP contribution in [0.25, 0.3) is 0 Å². The molecule has 0 aliphatic rings. The average molecular weight is 390 g/mol. The van der Waals surface area contributed by atoms with Crippen LogP contribution in [0.2, 0.25) is 0 Å². The highest BCUT2D eigenvalue weighted by Crippen LogP contribution is 2.17. The first kappa shape index (κ1) is 16.2. The number of furan rings is 1. The van der Waals surface area contributed by atoms with E-state index in [0.29, 0.717) is 28.3 Å². The third kappa shape index (κ3) is 3.99. The Morgan fingerprint density at radius 3 is 2.67 bits per heavy atom. The van der Waals surface area contributed by atoms with E-state index in [-0.39, 0.29) is 17.5 Å². The van der Waals surface area contributed by atoms with Crippen molar-refractivity contribution in [2.24, 2.45) is 0 Å². The van der Waals surface area contributed by atoms with Gasteiger partial charge in [-0.15, -0.1) is 0 Å². The number of rotatable bonds is 5. The van der Waals surface area contributed by atoms with E-state index < -0.39 is 0 Å². The van der Waals surface area contributed by atoms with Gasteiger partial charge in [0.05, 0.1) is 11.9 Å². The second-order valence-corrected chi connectivity index (χ2v) is 5.72. The van der Waals surface area contributed by atoms with Crippen LogP contribution in [0.5, 0.6) is 0 Å². The van der Waals surface area contributed by atoms with Crippen molar-refractivity contribution < 1.29 is 13.6 Å². The molecule has 0 aliphatic heterocycles. The molecule has 0 fully saturated rings. The van der Waals surface area contributed by atoms with E-state index in [4.69, 9.17) is 4.42 Å². The molecule has 0 aliphatic carbocycles. The summed E-state index contributed by atoms with van der Waals surface area (Å²) in [5, 5.41) is 5.71. The van der Waals surface area contributed by atoms with E-state index in [1.54, 1.807) is 42.5 Å². The first-order valence-electron chi connectivity index (χ1n) is 7.12. The van der Waals surface area contributed by atoms with E-state index >= 15 is 0 Å². The molecule has 0 bridgehead atoms. The molecule has 1 aromatic carbocycles. The highest BCUT2D eigenvalue weighted by molar-refractivity contribution is 9.10. The molecule has 0 unspecified atom stereocenters. The van der Waals surface area contributed by atoms with Gasteiger partial charge in [-0.3, -0.25) is 4.79 Å². The minimum atomic E-state index is -0.366. The molecule has 3 rings (SSSR count). The smallest absolute Gasteiger partial charge is 0.291 e. The third-order valence-electron chi connectivity index (χ3n) is 3.24. The summed E-state index contributed by atoms with van der Waals surface area (Å²) in [5.74, 6) is 0.147. The molecular weight excluding hydrogens is 377 g/mol. The van der Waals surface area contributed by atoms with Crippen molar-refractivity contribution in [3.8, 4) is 0 Å². The fraction of sp³-hybridized carbons (Fsp3) is 0.0588. The van der Waals surface area contributed by atoms with Gasteiger partial charge in [0.15, 0.2) is 10.4 Å². The number of aromatic nitrogens is 1. The summed E-state index contributed by atoms with van der Waals surface area (Å²) in [6.07, 6.45) is 1.51. The minimum Gasteiger partial charge on any atom is -0.444 e. The number of nitrogens with one attached hydrogen (secondary N) is 2. The number of halogens is 2. The number of benzene rings is 1. The Morgan fingerprint density at radius 2 is 2.00 bits per heavy atom. The Labute approximate surface area is 146 Å². The maximum absolute atomic E-state index is 13.5. The summed E-state index contributed by atoms with van der Waals surface area (Å²) >= 11 is 3.14. The Hall–Kier alpha value is -2.67. The number of carbonyl (C=O) groups excluding carboxylic acids is 1. The van der Waals surface area contributed by atoms with Crippen molar-refractivity contribution in [1.29, 1.82) is 0 Å². The zero-order valence-corrected chi connectivity index (χ0v) is 14.0. The molecule has 24 heavy (non-hydrogen) atoms. The van der Waals surface area contributed by atoms with Gasteiger partial charge >= 0.3 is 0 Å². The van der Waals surface area contributed by atoms with E-state index in [1.807, 2.05) is 0 Å². The van der Waals surface area contributed by atoms with E-state index in [1.165, 1.54) is 12.3 Å². The molecule has 0 spiro atoms. The van der Waals surface area contributed by atoms with Crippen molar-refractivity contribution in [3.63, 3.8) is 0 Å². The Morgan fingerprint density at radius 1 is 1.17 bits per heavy atom. The van der Waals surface area contributed by atoms with Crippen molar-refractivity contribution in [1.82, 2.24) is 4.98 Å². The van der Waals surface area contributed by atoms with Crippen molar-refractivity contribution >= 4 is 33.3 Å². The lowest BCUT2D eigenvalue weighted by Crippen LogP contribution is -2.11. The molecule has 0 atom stereocenters. The molecular formula is C17H13BrFN3O2. The lowest BCUT2D eigenvalue weighted by molar-refractivity contribution is 0.0995. The summed E-state index contributed by atoms with van der Waals surface area (Å²) in [4.78, 5) is 16.1. The third-order valence-corrected chi connectivity index (χ3v) is 3.66. The zero-order chi connectivity index (χ0) is 16.9. The highest BCUT2D eigenvalue weighted by atomic mass is 79.9. The van der Waals surface area contributed by atoms with E-state index in [2.05, 4.69) is 31.5 Å². The van der Waals surface area contributed by atoms with Gasteiger partial charge in [-0.1, -0.05) is 18.2 Å². The van der Waals surface area contributed by atoms with Crippen LogP contribution in [0.3, 0.4) is 0 Å². The monoisotopic (exact) mass is 389 g/mol. The van der Waals surface area contributed by atoms with Crippen molar-refractivity contribution in [2.45, 2.75) is 6.54 Å². The number of nitrogens with zero attached hydrogens (tertiary/aromatic N) is 1. The SMILES string of the molecule is O=C(Nc1ccc(NCc2ccccc2F)nc1)c1ccc(Br)o1. The fourth-order valence-corrected chi connectivity index (χ4v) is 2.34. The highest BCUT2D eigenvalue weighted by Gasteiger charge is 2.10. The second kappa shape index (κ2) is 7.27. The van der Waals surface area contributed by atoms with Crippen molar-refractivity contribution in [3.05, 3.63) is 76.5 Å². The lowest BCUT2D eigenvalue weighted by atomic mass is 10.2.